The maximum atomic E-state index is 12.5. The fourth-order valence-electron chi connectivity index (χ4n) is 1.06. The van der Waals surface area contributed by atoms with Crippen LogP contribution >= 0.6 is 0 Å². The molecular formula is C9H11F2N2O+. The van der Waals surface area contributed by atoms with Crippen LogP contribution in [0.1, 0.15) is 5.56 Å². The molecule has 1 rings (SSSR count). The Kier molecular flexibility index (Phi) is 3.50. The molecule has 0 amide bonds. The van der Waals surface area contributed by atoms with Crippen LogP contribution in [0.25, 0.3) is 0 Å². The summed E-state index contributed by atoms with van der Waals surface area (Å²) in [5.41, 5.74) is -0.00412. The van der Waals surface area contributed by atoms with Crippen LogP contribution in [-0.2, 0) is 11.9 Å². The van der Waals surface area contributed by atoms with Gasteiger partial charge in [0.1, 0.15) is 14.2 Å². The second kappa shape index (κ2) is 4.64. The summed E-state index contributed by atoms with van der Waals surface area (Å²) in [7, 11) is 2.99. The molecule has 0 aliphatic rings. The van der Waals surface area contributed by atoms with Gasteiger partial charge in [-0.25, -0.2) is 13.3 Å². The van der Waals surface area contributed by atoms with Crippen molar-refractivity contribution in [2.45, 2.75) is 6.43 Å². The molecule has 0 fully saturated rings. The maximum absolute atomic E-state index is 12.5. The average molecular weight is 201 g/mol. The van der Waals surface area contributed by atoms with E-state index in [0.29, 0.717) is 5.56 Å². The molecule has 0 aromatic carbocycles. The Labute approximate surface area is 80.6 Å². The molecular weight excluding hydrogens is 190 g/mol. The Morgan fingerprint density at radius 3 is 2.79 bits per heavy atom. The standard InChI is InChI=1S/C9H11F2N2O/c1-13-5-3-4-7(6-13)8(9(10)11)12-14-2/h3-6,9H,1-2H3/q+1/b12-8-. The highest BCUT2D eigenvalue weighted by Crippen LogP contribution is 2.07. The normalized spacial score (nSPS) is 11.9. The lowest BCUT2D eigenvalue weighted by molar-refractivity contribution is -0.671. The van der Waals surface area contributed by atoms with Gasteiger partial charge in [0.2, 0.25) is 0 Å². The summed E-state index contributed by atoms with van der Waals surface area (Å²) < 4.78 is 26.6. The highest BCUT2D eigenvalue weighted by atomic mass is 19.3. The zero-order valence-electron chi connectivity index (χ0n) is 7.95. The van der Waals surface area contributed by atoms with Gasteiger partial charge in [0, 0.05) is 6.07 Å². The molecule has 3 nitrogen and oxygen atoms in total. The number of pyridine rings is 1. The van der Waals surface area contributed by atoms with E-state index < -0.39 is 6.43 Å². The number of hydrogen-bond acceptors (Lipinski definition) is 2. The molecule has 5 heteroatoms. The molecule has 1 aromatic heterocycles. The number of halogens is 2. The lowest BCUT2D eigenvalue weighted by Gasteiger charge is -2.02. The first-order valence-electron chi connectivity index (χ1n) is 4.00. The van der Waals surface area contributed by atoms with E-state index in [-0.39, 0.29) is 5.71 Å². The third-order valence-corrected chi connectivity index (χ3v) is 1.63. The van der Waals surface area contributed by atoms with Crippen molar-refractivity contribution in [3.05, 3.63) is 30.1 Å². The van der Waals surface area contributed by atoms with E-state index in [2.05, 4.69) is 9.99 Å². The summed E-state index contributed by atoms with van der Waals surface area (Å²) in [6.07, 6.45) is 0.668. The van der Waals surface area contributed by atoms with E-state index in [0.717, 1.165) is 0 Å². The van der Waals surface area contributed by atoms with Crippen LogP contribution in [0.15, 0.2) is 29.7 Å². The van der Waals surface area contributed by atoms with Crippen LogP contribution in [0, 0.1) is 0 Å². The molecule has 1 heterocycles. The third kappa shape index (κ3) is 2.48. The lowest BCUT2D eigenvalue weighted by atomic mass is 10.2. The zero-order chi connectivity index (χ0) is 10.6. The quantitative estimate of drug-likeness (QED) is 0.409. The first kappa shape index (κ1) is 10.6. The topological polar surface area (TPSA) is 25.5 Å². The Balaban J connectivity index is 3.06. The van der Waals surface area contributed by atoms with Gasteiger partial charge in [-0.05, 0) is 6.07 Å². The predicted molar refractivity (Wildman–Crippen MR) is 47.2 cm³/mol. The van der Waals surface area contributed by atoms with Crippen LogP contribution in [0.3, 0.4) is 0 Å². The van der Waals surface area contributed by atoms with Gasteiger partial charge in [-0.2, -0.15) is 0 Å². The van der Waals surface area contributed by atoms with E-state index >= 15 is 0 Å². The van der Waals surface area contributed by atoms with Crippen molar-refractivity contribution < 1.29 is 18.2 Å². The van der Waals surface area contributed by atoms with Crippen molar-refractivity contribution >= 4 is 5.71 Å². The van der Waals surface area contributed by atoms with Crippen LogP contribution in [0.2, 0.25) is 0 Å². The van der Waals surface area contributed by atoms with Crippen molar-refractivity contribution in [3.63, 3.8) is 0 Å². The van der Waals surface area contributed by atoms with E-state index in [9.17, 15) is 8.78 Å². The number of aromatic nitrogens is 1. The van der Waals surface area contributed by atoms with Gasteiger partial charge >= 0.3 is 0 Å². The molecule has 14 heavy (non-hydrogen) atoms. The predicted octanol–water partition coefficient (Wildman–Crippen LogP) is 1.13. The summed E-state index contributed by atoms with van der Waals surface area (Å²) in [6.45, 7) is 0. The van der Waals surface area contributed by atoms with Crippen LogP contribution < -0.4 is 4.57 Å². The number of hydrogen-bond donors (Lipinski definition) is 0. The molecule has 0 N–H and O–H groups in total. The summed E-state index contributed by atoms with van der Waals surface area (Å²) in [5.74, 6) is 0. The van der Waals surface area contributed by atoms with Crippen molar-refractivity contribution in [1.29, 1.82) is 0 Å². The smallest absolute Gasteiger partial charge is 0.284 e. The van der Waals surface area contributed by atoms with Gasteiger partial charge in [0.15, 0.2) is 18.1 Å². The summed E-state index contributed by atoms with van der Waals surface area (Å²) in [4.78, 5) is 4.36. The minimum absolute atomic E-state index is 0.354. The van der Waals surface area contributed by atoms with Gasteiger partial charge < -0.3 is 4.84 Å². The van der Waals surface area contributed by atoms with E-state index in [1.807, 2.05) is 0 Å². The average Bonchev–Trinajstić information content (AvgIpc) is 2.13. The zero-order valence-corrected chi connectivity index (χ0v) is 7.95. The van der Waals surface area contributed by atoms with E-state index in [1.165, 1.54) is 7.11 Å². The number of nitrogens with zero attached hydrogens (tertiary/aromatic N) is 2. The first-order chi connectivity index (χ1) is 6.65. The Morgan fingerprint density at radius 2 is 2.29 bits per heavy atom. The molecule has 0 saturated heterocycles. The van der Waals surface area contributed by atoms with Crippen molar-refractivity contribution in [2.75, 3.05) is 7.11 Å². The molecule has 0 radical (unpaired) electrons. The molecule has 0 unspecified atom stereocenters. The highest BCUT2D eigenvalue weighted by molar-refractivity contribution is 6.02. The van der Waals surface area contributed by atoms with Crippen LogP contribution in [-0.4, -0.2) is 19.2 Å². The third-order valence-electron chi connectivity index (χ3n) is 1.63. The molecule has 0 aliphatic carbocycles. The molecule has 0 atom stereocenters. The SMILES string of the molecule is CO/N=C(/c1ccc[n+](C)c1)C(F)F. The number of aryl methyl sites for hydroxylation is 1. The molecule has 0 saturated carbocycles. The van der Waals surface area contributed by atoms with E-state index in [1.54, 1.807) is 36.1 Å². The maximum Gasteiger partial charge on any atom is 0.284 e. The highest BCUT2D eigenvalue weighted by Gasteiger charge is 2.18. The second-order valence-electron chi connectivity index (χ2n) is 2.72. The fraction of sp³-hybridized carbons (Fsp3) is 0.333. The summed E-state index contributed by atoms with van der Waals surface area (Å²) in [5, 5.41) is 3.29. The second-order valence-corrected chi connectivity index (χ2v) is 2.72. The van der Waals surface area contributed by atoms with Gasteiger partial charge in [-0.1, -0.05) is 5.16 Å². The Hall–Kier alpha value is -1.52. The van der Waals surface area contributed by atoms with Crippen molar-refractivity contribution in [2.24, 2.45) is 12.2 Å². The van der Waals surface area contributed by atoms with Gasteiger partial charge in [0.05, 0.1) is 5.56 Å². The largest absolute Gasteiger partial charge is 0.399 e. The van der Waals surface area contributed by atoms with Crippen LogP contribution in [0.5, 0.6) is 0 Å². The molecule has 0 bridgehead atoms. The number of rotatable bonds is 3. The molecule has 1 aromatic rings. The minimum atomic E-state index is -2.64. The first-order valence-corrected chi connectivity index (χ1v) is 4.00. The Bertz CT molecular complexity index is 339. The summed E-state index contributed by atoms with van der Waals surface area (Å²) in [6, 6.07) is 3.23. The molecule has 0 aliphatic heterocycles. The van der Waals surface area contributed by atoms with Gasteiger partial charge in [-0.3, -0.25) is 0 Å². The minimum Gasteiger partial charge on any atom is -0.399 e. The molecule has 0 spiro atoms. The van der Waals surface area contributed by atoms with Gasteiger partial charge in [-0.15, -0.1) is 0 Å². The van der Waals surface area contributed by atoms with Crippen molar-refractivity contribution in [3.8, 4) is 0 Å². The summed E-state index contributed by atoms with van der Waals surface area (Å²) >= 11 is 0. The fourth-order valence-corrected chi connectivity index (χ4v) is 1.06. The Morgan fingerprint density at radius 1 is 1.57 bits per heavy atom. The molecule has 76 valence electrons. The number of oxime groups is 1. The van der Waals surface area contributed by atoms with Crippen molar-refractivity contribution in [1.82, 2.24) is 0 Å². The number of alkyl halides is 2. The van der Waals surface area contributed by atoms with Crippen LogP contribution in [0.4, 0.5) is 8.78 Å². The van der Waals surface area contributed by atoms with Gasteiger partial charge in [0.25, 0.3) is 6.43 Å². The lowest BCUT2D eigenvalue weighted by Crippen LogP contribution is -2.29. The van der Waals surface area contributed by atoms with E-state index in [4.69, 9.17) is 0 Å². The monoisotopic (exact) mass is 201 g/mol.